The molecule has 0 aromatic carbocycles. The molecule has 8 heteroatoms. The van der Waals surface area contributed by atoms with E-state index >= 15 is 0 Å². The maximum absolute atomic E-state index is 11.0. The Morgan fingerprint density at radius 3 is 2.82 bits per heavy atom. The average molecular weight is 386 g/mol. The number of nitrogens with zero attached hydrogens (tertiary/aromatic N) is 3. The summed E-state index contributed by atoms with van der Waals surface area (Å²) >= 11 is 5.05. The van der Waals surface area contributed by atoms with E-state index in [2.05, 4.69) is 25.9 Å². The van der Waals surface area contributed by atoms with Crippen molar-refractivity contribution < 1.29 is 14.6 Å². The minimum atomic E-state index is -0.871. The number of rotatable bonds is 3. The second-order valence-corrected chi connectivity index (χ2v) is 7.10. The molecule has 1 aliphatic rings. The molecule has 2 heterocycles. The fourth-order valence-electron chi connectivity index (χ4n) is 2.77. The molecule has 2 aromatic rings. The Morgan fingerprint density at radius 2 is 2.14 bits per heavy atom. The summed E-state index contributed by atoms with van der Waals surface area (Å²) in [6.07, 6.45) is 4.00. The monoisotopic (exact) mass is 385 g/mol. The quantitative estimate of drug-likeness (QED) is 0.870. The van der Waals surface area contributed by atoms with Crippen molar-refractivity contribution in [2.75, 3.05) is 7.05 Å². The third kappa shape index (κ3) is 3.03. The number of halogens is 1. The van der Waals surface area contributed by atoms with Crippen LogP contribution >= 0.6 is 27.3 Å². The summed E-state index contributed by atoms with van der Waals surface area (Å²) < 4.78 is 7.00. The summed E-state index contributed by atoms with van der Waals surface area (Å²) in [4.78, 5) is 21.8. The Kier molecular flexibility index (Phi) is 4.49. The standard InChI is InChI=1S/C14H16BrN3O3S/c1-18(14(19)20)8-2-4-9(5-3-8)21-12-11-10(15)6-22-13(11)17-7-16-12/h6-9H,2-5H2,1H3,(H,19,20). The van der Waals surface area contributed by atoms with Crippen molar-refractivity contribution >= 4 is 43.6 Å². The zero-order valence-corrected chi connectivity index (χ0v) is 14.4. The number of carboxylic acid groups (broad SMARTS) is 1. The third-order valence-corrected chi connectivity index (χ3v) is 5.88. The smallest absolute Gasteiger partial charge is 0.407 e. The first kappa shape index (κ1) is 15.5. The van der Waals surface area contributed by atoms with Gasteiger partial charge in [0.05, 0.1) is 5.39 Å². The minimum absolute atomic E-state index is 0.0725. The number of ether oxygens (including phenoxy) is 1. The van der Waals surface area contributed by atoms with E-state index in [-0.39, 0.29) is 12.1 Å². The molecular weight excluding hydrogens is 370 g/mol. The first-order valence-corrected chi connectivity index (χ1v) is 8.73. The van der Waals surface area contributed by atoms with Crippen LogP contribution in [0.1, 0.15) is 25.7 Å². The summed E-state index contributed by atoms with van der Waals surface area (Å²) in [5, 5.41) is 11.9. The molecule has 1 N–H and O–H groups in total. The highest BCUT2D eigenvalue weighted by molar-refractivity contribution is 9.10. The number of hydrogen-bond donors (Lipinski definition) is 1. The van der Waals surface area contributed by atoms with E-state index in [0.717, 1.165) is 40.4 Å². The molecule has 0 radical (unpaired) electrons. The Hall–Kier alpha value is -1.41. The Balaban J connectivity index is 1.67. The molecule has 22 heavy (non-hydrogen) atoms. The van der Waals surface area contributed by atoms with E-state index in [0.29, 0.717) is 5.88 Å². The van der Waals surface area contributed by atoms with Crippen LogP contribution < -0.4 is 4.74 Å². The SMILES string of the molecule is CN(C(=O)O)C1CCC(Oc2ncnc3scc(Br)c23)CC1. The second kappa shape index (κ2) is 6.37. The van der Waals surface area contributed by atoms with Gasteiger partial charge in [0.2, 0.25) is 5.88 Å². The van der Waals surface area contributed by atoms with Crippen LogP contribution in [0.15, 0.2) is 16.2 Å². The fraction of sp³-hybridized carbons (Fsp3) is 0.500. The van der Waals surface area contributed by atoms with Crippen molar-refractivity contribution in [3.63, 3.8) is 0 Å². The van der Waals surface area contributed by atoms with Crippen LogP contribution in [0.2, 0.25) is 0 Å². The predicted octanol–water partition coefficient (Wildman–Crippen LogP) is 3.75. The highest BCUT2D eigenvalue weighted by atomic mass is 79.9. The number of thiophene rings is 1. The van der Waals surface area contributed by atoms with E-state index in [1.165, 1.54) is 11.2 Å². The lowest BCUT2D eigenvalue weighted by molar-refractivity contribution is 0.0891. The molecule has 0 atom stereocenters. The molecule has 1 saturated carbocycles. The van der Waals surface area contributed by atoms with Crippen molar-refractivity contribution in [2.24, 2.45) is 0 Å². The van der Waals surface area contributed by atoms with Crippen molar-refractivity contribution in [1.82, 2.24) is 14.9 Å². The second-order valence-electron chi connectivity index (χ2n) is 5.38. The summed E-state index contributed by atoms with van der Waals surface area (Å²) in [6.45, 7) is 0. The van der Waals surface area contributed by atoms with Gasteiger partial charge in [0.25, 0.3) is 0 Å². The van der Waals surface area contributed by atoms with Gasteiger partial charge in [-0.05, 0) is 41.6 Å². The number of hydrogen-bond acceptors (Lipinski definition) is 5. The number of amides is 1. The van der Waals surface area contributed by atoms with E-state index in [4.69, 9.17) is 9.84 Å². The van der Waals surface area contributed by atoms with Gasteiger partial charge in [0.1, 0.15) is 17.3 Å². The van der Waals surface area contributed by atoms with Crippen molar-refractivity contribution in [3.8, 4) is 5.88 Å². The van der Waals surface area contributed by atoms with Crippen molar-refractivity contribution in [1.29, 1.82) is 0 Å². The lowest BCUT2D eigenvalue weighted by Crippen LogP contribution is -2.40. The lowest BCUT2D eigenvalue weighted by Gasteiger charge is -2.33. The number of aromatic nitrogens is 2. The fourth-order valence-corrected chi connectivity index (χ4v) is 4.29. The highest BCUT2D eigenvalue weighted by Gasteiger charge is 2.28. The topological polar surface area (TPSA) is 75.6 Å². The van der Waals surface area contributed by atoms with Crippen LogP contribution in [0.5, 0.6) is 5.88 Å². The van der Waals surface area contributed by atoms with Crippen LogP contribution in [0.4, 0.5) is 4.79 Å². The molecule has 1 amide bonds. The van der Waals surface area contributed by atoms with Gasteiger partial charge in [-0.15, -0.1) is 11.3 Å². The van der Waals surface area contributed by atoms with Gasteiger partial charge in [0.15, 0.2) is 0 Å². The molecule has 0 bridgehead atoms. The molecule has 2 aromatic heterocycles. The van der Waals surface area contributed by atoms with Gasteiger partial charge in [-0.25, -0.2) is 14.8 Å². The van der Waals surface area contributed by atoms with Crippen LogP contribution in [0.3, 0.4) is 0 Å². The third-order valence-electron chi connectivity index (χ3n) is 4.06. The average Bonchev–Trinajstić information content (AvgIpc) is 2.90. The van der Waals surface area contributed by atoms with Crippen LogP contribution in [0.25, 0.3) is 10.2 Å². The maximum Gasteiger partial charge on any atom is 0.407 e. The molecule has 0 unspecified atom stereocenters. The molecule has 0 aliphatic heterocycles. The molecular formula is C14H16BrN3O3S. The summed E-state index contributed by atoms with van der Waals surface area (Å²) in [7, 11) is 1.63. The van der Waals surface area contributed by atoms with Gasteiger partial charge >= 0.3 is 6.09 Å². The van der Waals surface area contributed by atoms with Crippen molar-refractivity contribution in [3.05, 3.63) is 16.2 Å². The van der Waals surface area contributed by atoms with E-state index in [9.17, 15) is 4.79 Å². The summed E-state index contributed by atoms with van der Waals surface area (Å²) in [5.74, 6) is 0.605. The van der Waals surface area contributed by atoms with Crippen LogP contribution in [-0.2, 0) is 0 Å². The first-order valence-electron chi connectivity index (χ1n) is 7.06. The van der Waals surface area contributed by atoms with Gasteiger partial charge in [0, 0.05) is 22.9 Å². The molecule has 1 aliphatic carbocycles. The van der Waals surface area contributed by atoms with Gasteiger partial charge < -0.3 is 14.7 Å². The zero-order chi connectivity index (χ0) is 15.7. The minimum Gasteiger partial charge on any atom is -0.474 e. The Bertz CT molecular complexity index is 685. The maximum atomic E-state index is 11.0. The number of carbonyl (C=O) groups is 1. The molecule has 118 valence electrons. The number of fused-ring (bicyclic) bond motifs is 1. The lowest BCUT2D eigenvalue weighted by atomic mass is 9.92. The molecule has 1 fully saturated rings. The van der Waals surface area contributed by atoms with E-state index in [1.807, 2.05) is 5.38 Å². The largest absolute Gasteiger partial charge is 0.474 e. The molecule has 0 saturated heterocycles. The summed E-state index contributed by atoms with van der Waals surface area (Å²) in [6, 6.07) is 0.0793. The summed E-state index contributed by atoms with van der Waals surface area (Å²) in [5.41, 5.74) is 0. The first-order chi connectivity index (χ1) is 10.6. The normalized spacial score (nSPS) is 21.7. The molecule has 6 nitrogen and oxygen atoms in total. The van der Waals surface area contributed by atoms with Crippen LogP contribution in [-0.4, -0.2) is 45.3 Å². The van der Waals surface area contributed by atoms with Gasteiger partial charge in [-0.2, -0.15) is 0 Å². The highest BCUT2D eigenvalue weighted by Crippen LogP contribution is 2.36. The van der Waals surface area contributed by atoms with Crippen LogP contribution in [0, 0.1) is 0 Å². The Labute approximate surface area is 140 Å². The molecule has 0 spiro atoms. The zero-order valence-electron chi connectivity index (χ0n) is 12.0. The van der Waals surface area contributed by atoms with E-state index < -0.39 is 6.09 Å². The van der Waals surface area contributed by atoms with Gasteiger partial charge in [-0.1, -0.05) is 0 Å². The van der Waals surface area contributed by atoms with Crippen molar-refractivity contribution in [2.45, 2.75) is 37.8 Å². The predicted molar refractivity (Wildman–Crippen MR) is 87.6 cm³/mol. The Morgan fingerprint density at radius 1 is 1.41 bits per heavy atom. The molecule has 3 rings (SSSR count). The van der Waals surface area contributed by atoms with E-state index in [1.54, 1.807) is 18.4 Å². The van der Waals surface area contributed by atoms with Gasteiger partial charge in [-0.3, -0.25) is 0 Å².